The van der Waals surface area contributed by atoms with Crippen molar-refractivity contribution < 1.29 is 22.4 Å². The van der Waals surface area contributed by atoms with Crippen molar-refractivity contribution in [2.75, 3.05) is 10.6 Å². The molecule has 27 heavy (non-hydrogen) atoms. The highest BCUT2D eigenvalue weighted by molar-refractivity contribution is 6.03. The molecule has 0 bridgehead atoms. The third kappa shape index (κ3) is 4.57. The summed E-state index contributed by atoms with van der Waals surface area (Å²) in [5.74, 6) is -1.05. The minimum absolute atomic E-state index is 0.00152. The first-order valence-electron chi connectivity index (χ1n) is 7.65. The molecule has 1 amide bonds. The predicted octanol–water partition coefficient (Wildman–Crippen LogP) is 4.63. The molecule has 1 heterocycles. The average Bonchev–Trinajstić information content (AvgIpc) is 2.63. The lowest BCUT2D eigenvalue weighted by Gasteiger charge is -2.10. The summed E-state index contributed by atoms with van der Waals surface area (Å²) in [5.41, 5.74) is -0.469. The molecule has 0 saturated carbocycles. The zero-order valence-corrected chi connectivity index (χ0v) is 13.6. The van der Waals surface area contributed by atoms with Crippen LogP contribution in [0.5, 0.6) is 0 Å². The maximum Gasteiger partial charge on any atom is 0.416 e. The summed E-state index contributed by atoms with van der Waals surface area (Å²) in [6, 6.07) is 11.3. The van der Waals surface area contributed by atoms with Crippen molar-refractivity contribution in [3.63, 3.8) is 0 Å². The summed E-state index contributed by atoms with van der Waals surface area (Å²) in [4.78, 5) is 19.9. The van der Waals surface area contributed by atoms with Crippen LogP contribution in [-0.2, 0) is 6.18 Å². The minimum atomic E-state index is -4.43. The molecule has 0 saturated heterocycles. The van der Waals surface area contributed by atoms with E-state index in [9.17, 15) is 22.4 Å². The molecule has 138 valence electrons. The molecule has 0 unspecified atom stereocenters. The van der Waals surface area contributed by atoms with Gasteiger partial charge in [0, 0.05) is 11.8 Å². The Bertz CT molecular complexity index is 958. The van der Waals surface area contributed by atoms with Gasteiger partial charge in [0.1, 0.15) is 23.7 Å². The molecule has 0 atom stereocenters. The maximum atomic E-state index is 13.6. The summed E-state index contributed by atoms with van der Waals surface area (Å²) < 4.78 is 51.4. The van der Waals surface area contributed by atoms with Crippen LogP contribution in [0.4, 0.5) is 34.8 Å². The molecule has 5 nitrogen and oxygen atoms in total. The van der Waals surface area contributed by atoms with Crippen molar-refractivity contribution in [1.82, 2.24) is 9.97 Å². The summed E-state index contributed by atoms with van der Waals surface area (Å²) in [7, 11) is 0. The second kappa shape index (κ2) is 7.40. The van der Waals surface area contributed by atoms with Crippen LogP contribution in [0.2, 0.25) is 0 Å². The van der Waals surface area contributed by atoms with Gasteiger partial charge in [-0.3, -0.25) is 4.79 Å². The molecule has 3 aromatic rings. The number of nitrogens with zero attached hydrogens (tertiary/aromatic N) is 2. The number of alkyl halides is 3. The normalized spacial score (nSPS) is 11.1. The number of rotatable bonds is 4. The minimum Gasteiger partial charge on any atom is -0.340 e. The van der Waals surface area contributed by atoms with E-state index in [1.54, 1.807) is 6.07 Å². The van der Waals surface area contributed by atoms with Gasteiger partial charge in [0.25, 0.3) is 5.91 Å². The fourth-order valence-electron chi connectivity index (χ4n) is 2.19. The number of carbonyl (C=O) groups is 1. The number of benzene rings is 2. The Hall–Kier alpha value is -3.49. The second-order valence-corrected chi connectivity index (χ2v) is 5.42. The summed E-state index contributed by atoms with van der Waals surface area (Å²) in [6.45, 7) is 0. The molecule has 3 rings (SSSR count). The third-order valence-corrected chi connectivity index (χ3v) is 3.51. The third-order valence-electron chi connectivity index (χ3n) is 3.51. The smallest absolute Gasteiger partial charge is 0.340 e. The Morgan fingerprint density at radius 3 is 2.33 bits per heavy atom. The van der Waals surface area contributed by atoms with Gasteiger partial charge >= 0.3 is 6.18 Å². The van der Waals surface area contributed by atoms with Gasteiger partial charge in [-0.05, 0) is 36.4 Å². The van der Waals surface area contributed by atoms with E-state index in [1.807, 2.05) is 0 Å². The maximum absolute atomic E-state index is 13.6. The molecule has 9 heteroatoms. The number of hydrogen-bond acceptors (Lipinski definition) is 4. The molecule has 0 fully saturated rings. The van der Waals surface area contributed by atoms with Crippen LogP contribution in [0.15, 0.2) is 60.9 Å². The van der Waals surface area contributed by atoms with Crippen molar-refractivity contribution >= 4 is 23.1 Å². The zero-order chi connectivity index (χ0) is 19.4. The van der Waals surface area contributed by atoms with E-state index in [2.05, 4.69) is 20.6 Å². The van der Waals surface area contributed by atoms with Gasteiger partial charge < -0.3 is 10.6 Å². The molecule has 0 aliphatic carbocycles. The van der Waals surface area contributed by atoms with Gasteiger partial charge in [0.2, 0.25) is 0 Å². The largest absolute Gasteiger partial charge is 0.416 e. The topological polar surface area (TPSA) is 66.9 Å². The van der Waals surface area contributed by atoms with Crippen LogP contribution in [0, 0.1) is 5.82 Å². The molecular weight excluding hydrogens is 364 g/mol. The van der Waals surface area contributed by atoms with Crippen LogP contribution in [0.3, 0.4) is 0 Å². The van der Waals surface area contributed by atoms with Gasteiger partial charge in [-0.25, -0.2) is 14.4 Å². The van der Waals surface area contributed by atoms with Crippen molar-refractivity contribution in [3.8, 4) is 0 Å². The number of nitrogens with one attached hydrogen (secondary N) is 2. The van der Waals surface area contributed by atoms with E-state index in [-0.39, 0.29) is 17.2 Å². The van der Waals surface area contributed by atoms with E-state index >= 15 is 0 Å². The van der Waals surface area contributed by atoms with Crippen molar-refractivity contribution in [1.29, 1.82) is 0 Å². The lowest BCUT2D eigenvalue weighted by Crippen LogP contribution is -2.15. The lowest BCUT2D eigenvalue weighted by atomic mass is 10.2. The van der Waals surface area contributed by atoms with Crippen molar-refractivity contribution in [2.24, 2.45) is 0 Å². The number of para-hydroxylation sites is 1. The molecule has 1 aromatic heterocycles. The molecule has 0 aliphatic rings. The van der Waals surface area contributed by atoms with Gasteiger partial charge in [0.05, 0.1) is 11.3 Å². The number of amides is 1. The zero-order valence-electron chi connectivity index (χ0n) is 13.6. The van der Waals surface area contributed by atoms with E-state index in [0.717, 1.165) is 18.5 Å². The summed E-state index contributed by atoms with van der Waals surface area (Å²) >= 11 is 0. The van der Waals surface area contributed by atoms with Crippen molar-refractivity contribution in [3.05, 3.63) is 78.0 Å². The molecule has 2 N–H and O–H groups in total. The lowest BCUT2D eigenvalue weighted by molar-refractivity contribution is -0.137. The first-order chi connectivity index (χ1) is 12.8. The fraction of sp³-hybridized carbons (Fsp3) is 0.0556. The molecular formula is C18H12F4N4O. The van der Waals surface area contributed by atoms with Crippen LogP contribution in [0.25, 0.3) is 0 Å². The average molecular weight is 376 g/mol. The highest BCUT2D eigenvalue weighted by Crippen LogP contribution is 2.30. The highest BCUT2D eigenvalue weighted by Gasteiger charge is 2.29. The molecule has 0 spiro atoms. The van der Waals surface area contributed by atoms with E-state index in [1.165, 1.54) is 36.4 Å². The summed E-state index contributed by atoms with van der Waals surface area (Å²) in [6.07, 6.45) is -3.31. The molecule has 2 aromatic carbocycles. The summed E-state index contributed by atoms with van der Waals surface area (Å²) in [5, 5.41) is 5.17. The van der Waals surface area contributed by atoms with Gasteiger partial charge in [-0.1, -0.05) is 12.1 Å². The van der Waals surface area contributed by atoms with Crippen molar-refractivity contribution in [2.45, 2.75) is 6.18 Å². The SMILES string of the molecule is O=C(Nc1ccccc1F)c1cc(Nc2ccc(C(F)(F)F)cc2)ncn1. The Balaban J connectivity index is 1.73. The van der Waals surface area contributed by atoms with Crippen LogP contribution >= 0.6 is 0 Å². The van der Waals surface area contributed by atoms with Gasteiger partial charge in [0.15, 0.2) is 0 Å². The molecule has 0 radical (unpaired) electrons. The monoisotopic (exact) mass is 376 g/mol. The number of aromatic nitrogens is 2. The number of halogens is 4. The number of carbonyl (C=O) groups excluding carboxylic acids is 1. The Kier molecular flexibility index (Phi) is 5.02. The second-order valence-electron chi connectivity index (χ2n) is 5.42. The Labute approximate surface area is 151 Å². The highest BCUT2D eigenvalue weighted by atomic mass is 19.4. The fourth-order valence-corrected chi connectivity index (χ4v) is 2.19. The standard InChI is InChI=1S/C18H12F4N4O/c19-13-3-1-2-4-14(13)26-17(27)15-9-16(24-10-23-15)25-12-7-5-11(6-8-12)18(20,21)22/h1-10H,(H,26,27)(H,23,24,25). The van der Waals surface area contributed by atoms with Gasteiger partial charge in [-0.2, -0.15) is 13.2 Å². The van der Waals surface area contributed by atoms with Crippen LogP contribution in [0.1, 0.15) is 16.1 Å². The Morgan fingerprint density at radius 1 is 0.963 bits per heavy atom. The number of anilines is 3. The van der Waals surface area contributed by atoms with E-state index in [0.29, 0.717) is 5.69 Å². The first kappa shape index (κ1) is 18.3. The molecule has 0 aliphatic heterocycles. The predicted molar refractivity (Wildman–Crippen MR) is 91.1 cm³/mol. The van der Waals surface area contributed by atoms with Crippen LogP contribution in [-0.4, -0.2) is 15.9 Å². The van der Waals surface area contributed by atoms with Gasteiger partial charge in [-0.15, -0.1) is 0 Å². The quantitative estimate of drug-likeness (QED) is 0.652. The van der Waals surface area contributed by atoms with E-state index in [4.69, 9.17) is 0 Å². The van der Waals surface area contributed by atoms with Crippen LogP contribution < -0.4 is 10.6 Å². The Morgan fingerprint density at radius 2 is 1.67 bits per heavy atom. The number of hydrogen-bond donors (Lipinski definition) is 2. The first-order valence-corrected chi connectivity index (χ1v) is 7.65. The van der Waals surface area contributed by atoms with E-state index < -0.39 is 23.5 Å².